The summed E-state index contributed by atoms with van der Waals surface area (Å²) in [5, 5.41) is 8.86. The first-order valence-electron chi connectivity index (χ1n) is 2.60. The molecule has 0 amide bonds. The van der Waals surface area contributed by atoms with E-state index in [1.807, 2.05) is 4.84 Å². The van der Waals surface area contributed by atoms with E-state index >= 15 is 0 Å². The van der Waals surface area contributed by atoms with Gasteiger partial charge in [0.15, 0.2) is 5.69 Å². The molecule has 0 aromatic carbocycles. The van der Waals surface area contributed by atoms with Gasteiger partial charge in [-0.05, 0) is 0 Å². The summed E-state index contributed by atoms with van der Waals surface area (Å²) in [5.74, 6) is -0.597. The molecule has 0 radical (unpaired) electrons. The predicted molar refractivity (Wildman–Crippen MR) is 40.4 cm³/mol. The number of halogens is 1. The molecule has 0 atom stereocenters. The summed E-state index contributed by atoms with van der Waals surface area (Å²) >= 11 is 5.09. The molecular weight excluding hydrogens is 172 g/mol. The quantitative estimate of drug-likeness (QED) is 0.437. The maximum Gasteiger partial charge on any atom is 0.279 e. The molecule has 5 N–H and O–H groups in total. The molecule has 0 aliphatic heterocycles. The van der Waals surface area contributed by atoms with E-state index in [9.17, 15) is 4.79 Å². The number of nitrogens with one attached hydrogen (secondary N) is 2. The fraction of sp³-hybridized carbons (Fsp3) is 0. The van der Waals surface area contributed by atoms with Crippen molar-refractivity contribution in [1.29, 1.82) is 0 Å². The van der Waals surface area contributed by atoms with Crippen molar-refractivity contribution < 1.29 is 5.11 Å². The number of hydrogen-bond donors (Lipinski definition) is 4. The third-order valence-corrected chi connectivity index (χ3v) is 1.20. The van der Waals surface area contributed by atoms with Gasteiger partial charge in [0.1, 0.15) is 0 Å². The van der Waals surface area contributed by atoms with E-state index in [1.165, 1.54) is 0 Å². The van der Waals surface area contributed by atoms with Crippen LogP contribution < -0.4 is 16.1 Å². The number of anilines is 2. The second kappa shape index (κ2) is 2.67. The maximum atomic E-state index is 10.7. The van der Waals surface area contributed by atoms with E-state index in [4.69, 9.17) is 22.6 Å². The lowest BCUT2D eigenvalue weighted by Crippen LogP contribution is -2.14. The molecule has 11 heavy (non-hydrogen) atoms. The van der Waals surface area contributed by atoms with Crippen LogP contribution in [0.15, 0.2) is 4.79 Å². The summed E-state index contributed by atoms with van der Waals surface area (Å²) in [6, 6.07) is 0. The minimum absolute atomic E-state index is 0.0524. The molecule has 0 saturated carbocycles. The number of nitrogens with two attached hydrogens (primary N) is 1. The lowest BCUT2D eigenvalue weighted by molar-refractivity contribution is 0.455. The third kappa shape index (κ3) is 1.35. The molecular formula is C4H5ClN4O2. The number of aromatic hydroxyl groups is 1. The van der Waals surface area contributed by atoms with E-state index in [2.05, 4.69) is 9.97 Å². The van der Waals surface area contributed by atoms with Gasteiger partial charge in [-0.1, -0.05) is 0 Å². The SMILES string of the molecule is Nc1c(O)nc(NCl)[nH]c1=O. The summed E-state index contributed by atoms with van der Waals surface area (Å²) in [6.07, 6.45) is 0. The Morgan fingerprint density at radius 2 is 2.36 bits per heavy atom. The van der Waals surface area contributed by atoms with Crippen molar-refractivity contribution in [2.24, 2.45) is 0 Å². The van der Waals surface area contributed by atoms with Crippen molar-refractivity contribution in [3.63, 3.8) is 0 Å². The van der Waals surface area contributed by atoms with Crippen molar-refractivity contribution in [1.82, 2.24) is 9.97 Å². The largest absolute Gasteiger partial charge is 0.492 e. The van der Waals surface area contributed by atoms with E-state index in [-0.39, 0.29) is 11.6 Å². The number of hydrogen-bond acceptors (Lipinski definition) is 5. The normalized spacial score (nSPS) is 9.55. The molecule has 0 unspecified atom stereocenters. The Kier molecular flexibility index (Phi) is 1.86. The highest BCUT2D eigenvalue weighted by atomic mass is 35.5. The molecule has 1 aromatic heterocycles. The van der Waals surface area contributed by atoms with Gasteiger partial charge in [0.25, 0.3) is 5.56 Å². The number of rotatable bonds is 1. The summed E-state index contributed by atoms with van der Waals surface area (Å²) in [7, 11) is 0. The van der Waals surface area contributed by atoms with Crippen LogP contribution in [0.5, 0.6) is 5.88 Å². The average Bonchev–Trinajstić information content (AvgIpc) is 1.99. The molecule has 0 aliphatic rings. The fourth-order valence-electron chi connectivity index (χ4n) is 0.515. The third-order valence-electron chi connectivity index (χ3n) is 1.02. The zero-order valence-corrected chi connectivity index (χ0v) is 6.01. The van der Waals surface area contributed by atoms with Crippen molar-refractivity contribution in [2.75, 3.05) is 10.6 Å². The van der Waals surface area contributed by atoms with Gasteiger partial charge in [0, 0.05) is 11.8 Å². The van der Waals surface area contributed by atoms with E-state index in [1.54, 1.807) is 0 Å². The Morgan fingerprint density at radius 3 is 2.82 bits per heavy atom. The molecule has 0 fully saturated rings. The molecule has 7 heteroatoms. The van der Waals surface area contributed by atoms with Crippen molar-refractivity contribution in [2.45, 2.75) is 0 Å². The predicted octanol–water partition coefficient (Wildman–Crippen LogP) is -0.377. The standard InChI is InChI=1S/C4H5ClN4O2/c5-9-4-7-2(10)1(6)3(11)8-4/h6H2,(H3,7,8,9,10,11). The molecule has 0 saturated heterocycles. The van der Waals surface area contributed by atoms with E-state index in [0.717, 1.165) is 0 Å². The highest BCUT2D eigenvalue weighted by Gasteiger charge is 2.04. The Hall–Kier alpha value is -1.43. The minimum Gasteiger partial charge on any atom is -0.492 e. The molecule has 1 heterocycles. The molecule has 1 rings (SSSR count). The number of nitrogen functional groups attached to an aromatic ring is 1. The zero-order chi connectivity index (χ0) is 8.43. The average molecular weight is 177 g/mol. The summed E-state index contributed by atoms with van der Waals surface area (Å²) in [5.41, 5.74) is 4.11. The molecule has 0 bridgehead atoms. The number of H-pyrrole nitrogens is 1. The Bertz CT molecular complexity index is 322. The van der Waals surface area contributed by atoms with Crippen LogP contribution in [0.3, 0.4) is 0 Å². The zero-order valence-electron chi connectivity index (χ0n) is 5.26. The summed E-state index contributed by atoms with van der Waals surface area (Å²) in [6.45, 7) is 0. The lowest BCUT2D eigenvalue weighted by Gasteiger charge is -1.98. The maximum absolute atomic E-state index is 10.7. The van der Waals surface area contributed by atoms with Crippen molar-refractivity contribution >= 4 is 23.4 Å². The van der Waals surface area contributed by atoms with Crippen molar-refractivity contribution in [3.05, 3.63) is 10.4 Å². The first kappa shape index (κ1) is 7.67. The van der Waals surface area contributed by atoms with Gasteiger partial charge in [-0.15, -0.1) is 0 Å². The van der Waals surface area contributed by atoms with Gasteiger partial charge in [0.2, 0.25) is 11.8 Å². The smallest absolute Gasteiger partial charge is 0.279 e. The van der Waals surface area contributed by atoms with Crippen LogP contribution in [-0.4, -0.2) is 15.1 Å². The molecule has 60 valence electrons. The van der Waals surface area contributed by atoms with Gasteiger partial charge >= 0.3 is 0 Å². The number of aromatic nitrogens is 2. The van der Waals surface area contributed by atoms with Crippen LogP contribution in [0.4, 0.5) is 11.6 Å². The van der Waals surface area contributed by atoms with Crippen LogP contribution in [0.1, 0.15) is 0 Å². The Balaban J connectivity index is 3.32. The van der Waals surface area contributed by atoms with E-state index in [0.29, 0.717) is 0 Å². The lowest BCUT2D eigenvalue weighted by atomic mass is 10.5. The minimum atomic E-state index is -0.638. The first-order chi connectivity index (χ1) is 5.15. The number of nitrogens with zero attached hydrogens (tertiary/aromatic N) is 1. The van der Waals surface area contributed by atoms with Crippen molar-refractivity contribution in [3.8, 4) is 5.88 Å². The van der Waals surface area contributed by atoms with Crippen LogP contribution in [-0.2, 0) is 0 Å². The Labute approximate surface area is 66.1 Å². The fourth-order valence-corrected chi connectivity index (χ4v) is 0.605. The van der Waals surface area contributed by atoms with Crippen LogP contribution in [0.25, 0.3) is 0 Å². The van der Waals surface area contributed by atoms with Gasteiger partial charge in [-0.25, -0.2) is 0 Å². The molecule has 0 aliphatic carbocycles. The van der Waals surface area contributed by atoms with E-state index < -0.39 is 11.4 Å². The second-order valence-corrected chi connectivity index (χ2v) is 1.94. The Morgan fingerprint density at radius 1 is 1.73 bits per heavy atom. The van der Waals surface area contributed by atoms with Gasteiger partial charge < -0.3 is 10.8 Å². The molecule has 1 aromatic rings. The highest BCUT2D eigenvalue weighted by molar-refractivity contribution is 6.23. The number of aromatic amines is 1. The first-order valence-corrected chi connectivity index (χ1v) is 2.98. The second-order valence-electron chi connectivity index (χ2n) is 1.75. The van der Waals surface area contributed by atoms with Gasteiger partial charge in [0.05, 0.1) is 0 Å². The molecule has 0 spiro atoms. The van der Waals surface area contributed by atoms with Crippen LogP contribution in [0, 0.1) is 0 Å². The highest BCUT2D eigenvalue weighted by Crippen LogP contribution is 2.11. The summed E-state index contributed by atoms with van der Waals surface area (Å²) in [4.78, 5) is 18.3. The van der Waals surface area contributed by atoms with Crippen LogP contribution in [0.2, 0.25) is 0 Å². The molecule has 6 nitrogen and oxygen atoms in total. The van der Waals surface area contributed by atoms with Gasteiger partial charge in [-0.3, -0.25) is 14.6 Å². The summed E-state index contributed by atoms with van der Waals surface area (Å²) < 4.78 is 0. The monoisotopic (exact) mass is 176 g/mol. The van der Waals surface area contributed by atoms with Gasteiger partial charge in [-0.2, -0.15) is 4.98 Å². The van der Waals surface area contributed by atoms with Crippen LogP contribution >= 0.6 is 11.8 Å². The topological polar surface area (TPSA) is 104 Å².